The molecule has 1 aromatic carbocycles. The van der Waals surface area contributed by atoms with Gasteiger partial charge in [-0.3, -0.25) is 4.79 Å². The number of halogens is 3. The fraction of sp³-hybridized carbons (Fsp3) is 0.375. The van der Waals surface area contributed by atoms with E-state index in [0.29, 0.717) is 17.1 Å². The van der Waals surface area contributed by atoms with Gasteiger partial charge >= 0.3 is 5.97 Å². The van der Waals surface area contributed by atoms with Gasteiger partial charge in [-0.15, -0.1) is 23.2 Å². The number of alkyl halides is 2. The minimum atomic E-state index is -1.03. The van der Waals surface area contributed by atoms with Gasteiger partial charge in [-0.2, -0.15) is 0 Å². The maximum atomic E-state index is 12.1. The minimum Gasteiger partial charge on any atom is -0.460 e. The highest BCUT2D eigenvalue weighted by Gasteiger charge is 2.69. The Morgan fingerprint density at radius 3 is 2.68 bits per heavy atom. The summed E-state index contributed by atoms with van der Waals surface area (Å²) in [6.45, 7) is 3.73. The van der Waals surface area contributed by atoms with Crippen LogP contribution in [0.5, 0.6) is 0 Å². The first-order valence-electron chi connectivity index (χ1n) is 6.84. The Balaban J connectivity index is 1.78. The molecule has 1 heterocycles. The summed E-state index contributed by atoms with van der Waals surface area (Å²) in [4.78, 5) is 16.4. The predicted molar refractivity (Wildman–Crippen MR) is 88.4 cm³/mol. The van der Waals surface area contributed by atoms with Crippen LogP contribution in [0.3, 0.4) is 0 Å². The monoisotopic (exact) mass is 357 g/mol. The highest BCUT2D eigenvalue weighted by atomic mass is 35.5. The van der Waals surface area contributed by atoms with Crippen molar-refractivity contribution < 1.29 is 9.53 Å². The van der Waals surface area contributed by atoms with Gasteiger partial charge in [-0.25, -0.2) is 4.98 Å². The summed E-state index contributed by atoms with van der Waals surface area (Å²) in [6.07, 6.45) is 0.394. The third-order valence-corrected chi connectivity index (χ3v) is 5.50. The number of carbonyl (C=O) groups is 1. The second-order valence-electron chi connectivity index (χ2n) is 5.92. The molecule has 1 saturated carbocycles. The number of rotatable bonds is 3. The van der Waals surface area contributed by atoms with Crippen molar-refractivity contribution in [3.8, 4) is 0 Å². The van der Waals surface area contributed by atoms with Crippen LogP contribution < -0.4 is 0 Å². The first-order chi connectivity index (χ1) is 10.2. The molecular weight excluding hydrogens is 345 g/mol. The highest BCUT2D eigenvalue weighted by molar-refractivity contribution is 6.53. The normalized spacial score (nSPS) is 22.6. The number of hydrogen-bond acceptors (Lipinski definition) is 3. The van der Waals surface area contributed by atoms with E-state index in [-0.39, 0.29) is 6.61 Å². The minimum absolute atomic E-state index is 0.0495. The van der Waals surface area contributed by atoms with Crippen LogP contribution in [0.15, 0.2) is 24.3 Å². The molecular formula is C16H14Cl3NO2. The Labute approximate surface area is 143 Å². The van der Waals surface area contributed by atoms with Crippen molar-refractivity contribution in [3.05, 3.63) is 40.5 Å². The van der Waals surface area contributed by atoms with Crippen molar-refractivity contribution in [2.75, 3.05) is 0 Å². The zero-order chi connectivity index (χ0) is 16.1. The first kappa shape index (κ1) is 15.9. The molecule has 3 nitrogen and oxygen atoms in total. The third kappa shape index (κ3) is 2.66. The number of esters is 1. The molecule has 22 heavy (non-hydrogen) atoms. The lowest BCUT2D eigenvalue weighted by Gasteiger charge is -2.12. The van der Waals surface area contributed by atoms with Crippen LogP contribution in [0, 0.1) is 12.3 Å². The van der Waals surface area contributed by atoms with Gasteiger partial charge in [0.1, 0.15) is 21.5 Å². The Hall–Kier alpha value is -1.03. The smallest absolute Gasteiger partial charge is 0.315 e. The second kappa shape index (κ2) is 5.26. The lowest BCUT2D eigenvalue weighted by Crippen LogP contribution is -2.21. The maximum absolute atomic E-state index is 12.1. The number of aryl methyl sites for hydroxylation is 1. The molecule has 0 unspecified atom stereocenters. The number of pyridine rings is 1. The average molecular weight is 359 g/mol. The molecule has 2 aromatic rings. The molecule has 3 rings (SSSR count). The molecule has 1 aliphatic carbocycles. The van der Waals surface area contributed by atoms with Crippen LogP contribution in [0.2, 0.25) is 5.15 Å². The first-order valence-corrected chi connectivity index (χ1v) is 7.97. The Morgan fingerprint density at radius 2 is 2.05 bits per heavy atom. The Morgan fingerprint density at radius 1 is 1.36 bits per heavy atom. The van der Waals surface area contributed by atoms with Crippen LogP contribution in [0.25, 0.3) is 10.9 Å². The van der Waals surface area contributed by atoms with Gasteiger partial charge in [-0.1, -0.05) is 23.7 Å². The Kier molecular flexibility index (Phi) is 3.79. The van der Waals surface area contributed by atoms with E-state index in [1.54, 1.807) is 6.92 Å². The van der Waals surface area contributed by atoms with Crippen molar-refractivity contribution in [3.63, 3.8) is 0 Å². The van der Waals surface area contributed by atoms with Crippen molar-refractivity contribution in [2.45, 2.75) is 31.2 Å². The lowest BCUT2D eigenvalue weighted by molar-refractivity contribution is -0.150. The summed E-state index contributed by atoms with van der Waals surface area (Å²) in [5.41, 5.74) is 1.74. The molecule has 1 fully saturated rings. The SMILES string of the molecule is Cc1ccc2cc(COC(=O)[C@@]3(C)CC3(Cl)Cl)c(Cl)nc2c1. The fourth-order valence-corrected chi connectivity index (χ4v) is 3.21. The summed E-state index contributed by atoms with van der Waals surface area (Å²) >= 11 is 18.1. The molecule has 0 radical (unpaired) electrons. The zero-order valence-electron chi connectivity index (χ0n) is 12.1. The van der Waals surface area contributed by atoms with Crippen molar-refractivity contribution in [1.82, 2.24) is 4.98 Å². The van der Waals surface area contributed by atoms with Gasteiger partial charge in [0, 0.05) is 17.4 Å². The summed E-state index contributed by atoms with van der Waals surface area (Å²) in [5, 5.41) is 1.28. The van der Waals surface area contributed by atoms with E-state index in [1.807, 2.05) is 31.2 Å². The molecule has 0 spiro atoms. The summed E-state index contributed by atoms with van der Waals surface area (Å²) in [5.74, 6) is -0.419. The van der Waals surface area contributed by atoms with Gasteiger partial charge in [-0.05, 0) is 31.5 Å². The molecule has 0 aliphatic heterocycles. The van der Waals surface area contributed by atoms with Gasteiger partial charge < -0.3 is 4.74 Å². The van der Waals surface area contributed by atoms with E-state index in [0.717, 1.165) is 16.5 Å². The molecule has 0 amide bonds. The van der Waals surface area contributed by atoms with Gasteiger partial charge in [0.25, 0.3) is 0 Å². The second-order valence-corrected chi connectivity index (χ2v) is 7.77. The Bertz CT molecular complexity index is 775. The standard InChI is InChI=1S/C16H14Cl3NO2/c1-9-3-4-10-6-11(13(17)20-12(10)5-9)7-22-14(21)15(2)8-16(15,18)19/h3-6H,7-8H2,1-2H3/t15-/m1/s1. The van der Waals surface area contributed by atoms with E-state index in [2.05, 4.69) is 4.98 Å². The molecule has 1 aliphatic rings. The zero-order valence-corrected chi connectivity index (χ0v) is 14.4. The highest BCUT2D eigenvalue weighted by Crippen LogP contribution is 2.64. The third-order valence-electron chi connectivity index (χ3n) is 4.07. The quantitative estimate of drug-likeness (QED) is 0.448. The van der Waals surface area contributed by atoms with Crippen molar-refractivity contribution in [1.29, 1.82) is 0 Å². The number of nitrogens with zero attached hydrogens (tertiary/aromatic N) is 1. The fourth-order valence-electron chi connectivity index (χ4n) is 2.32. The predicted octanol–water partition coefficient (Wildman–Crippen LogP) is 4.82. The van der Waals surface area contributed by atoms with Gasteiger partial charge in [0.15, 0.2) is 0 Å². The summed E-state index contributed by atoms with van der Waals surface area (Å²) < 4.78 is 4.28. The largest absolute Gasteiger partial charge is 0.460 e. The average Bonchev–Trinajstić information content (AvgIpc) is 2.96. The molecule has 0 N–H and O–H groups in total. The number of hydrogen-bond donors (Lipinski definition) is 0. The molecule has 116 valence electrons. The van der Waals surface area contributed by atoms with E-state index in [1.165, 1.54) is 0 Å². The number of ether oxygens (including phenoxy) is 1. The van der Waals surface area contributed by atoms with Gasteiger partial charge in [0.05, 0.1) is 5.52 Å². The molecule has 0 saturated heterocycles. The number of benzene rings is 1. The number of aromatic nitrogens is 1. The summed E-state index contributed by atoms with van der Waals surface area (Å²) in [7, 11) is 0. The van der Waals surface area contributed by atoms with Gasteiger partial charge in [0.2, 0.25) is 0 Å². The molecule has 0 bridgehead atoms. The van der Waals surface area contributed by atoms with Crippen LogP contribution in [0.4, 0.5) is 0 Å². The molecule has 1 aromatic heterocycles. The number of carbonyl (C=O) groups excluding carboxylic acids is 1. The van der Waals surface area contributed by atoms with Crippen LogP contribution in [0.1, 0.15) is 24.5 Å². The van der Waals surface area contributed by atoms with Crippen LogP contribution >= 0.6 is 34.8 Å². The van der Waals surface area contributed by atoms with Crippen molar-refractivity contribution >= 4 is 51.7 Å². The lowest BCUT2D eigenvalue weighted by atomic mass is 10.1. The number of fused-ring (bicyclic) bond motifs is 1. The van der Waals surface area contributed by atoms with Crippen LogP contribution in [-0.2, 0) is 16.1 Å². The molecule has 6 heteroatoms. The maximum Gasteiger partial charge on any atom is 0.315 e. The van der Waals surface area contributed by atoms with E-state index in [4.69, 9.17) is 39.5 Å². The topological polar surface area (TPSA) is 39.2 Å². The van der Waals surface area contributed by atoms with Crippen LogP contribution in [-0.4, -0.2) is 15.3 Å². The summed E-state index contributed by atoms with van der Waals surface area (Å²) in [6, 6.07) is 7.79. The molecule has 1 atom stereocenters. The van der Waals surface area contributed by atoms with E-state index in [9.17, 15) is 4.79 Å². The van der Waals surface area contributed by atoms with E-state index >= 15 is 0 Å². The van der Waals surface area contributed by atoms with E-state index < -0.39 is 15.7 Å². The van der Waals surface area contributed by atoms with Crippen molar-refractivity contribution in [2.24, 2.45) is 5.41 Å².